The standard InChI is InChI=1S/C24H37N5O7/c1-13(2)11-16(25)21(32)29-20(14(3)30)23(34)28-18(12-15-7-5-4-6-8-15)22(33)27-17(24(35)36)9-10-19(26)31/h4-8,13-14,16-18,20,30H,9-12,25H2,1-3H3,(H2,26,31)(H,27,33)(H,28,34)(H,29,32)(H,35,36). The summed E-state index contributed by atoms with van der Waals surface area (Å²) in [6.45, 7) is 5.06. The second kappa shape index (κ2) is 14.8. The molecule has 4 amide bonds. The summed E-state index contributed by atoms with van der Waals surface area (Å²) in [4.78, 5) is 61.1. The molecule has 12 heteroatoms. The summed E-state index contributed by atoms with van der Waals surface area (Å²) in [7, 11) is 0. The van der Waals surface area contributed by atoms with Crippen LogP contribution in [0.3, 0.4) is 0 Å². The van der Waals surface area contributed by atoms with Crippen molar-refractivity contribution in [2.75, 3.05) is 0 Å². The van der Waals surface area contributed by atoms with Gasteiger partial charge in [0, 0.05) is 12.8 Å². The molecule has 12 nitrogen and oxygen atoms in total. The molecule has 36 heavy (non-hydrogen) atoms. The van der Waals surface area contributed by atoms with Crippen molar-refractivity contribution in [1.29, 1.82) is 0 Å². The monoisotopic (exact) mass is 507 g/mol. The van der Waals surface area contributed by atoms with E-state index in [1.807, 2.05) is 13.8 Å². The van der Waals surface area contributed by atoms with Gasteiger partial charge in [0.2, 0.25) is 23.6 Å². The van der Waals surface area contributed by atoms with E-state index in [1.54, 1.807) is 30.3 Å². The third-order valence-electron chi connectivity index (χ3n) is 5.33. The quantitative estimate of drug-likeness (QED) is 0.152. The Bertz CT molecular complexity index is 907. The molecule has 0 aliphatic rings. The number of aliphatic hydroxyl groups excluding tert-OH is 1. The number of aliphatic hydroxyl groups is 1. The van der Waals surface area contributed by atoms with Crippen LogP contribution in [0.5, 0.6) is 0 Å². The third kappa shape index (κ3) is 10.8. The van der Waals surface area contributed by atoms with Crippen LogP contribution in [0.25, 0.3) is 0 Å². The first-order valence-corrected chi connectivity index (χ1v) is 11.7. The second-order valence-corrected chi connectivity index (χ2v) is 9.12. The summed E-state index contributed by atoms with van der Waals surface area (Å²) >= 11 is 0. The summed E-state index contributed by atoms with van der Waals surface area (Å²) in [5, 5.41) is 26.8. The molecule has 200 valence electrons. The van der Waals surface area contributed by atoms with E-state index in [2.05, 4.69) is 16.0 Å². The minimum Gasteiger partial charge on any atom is -0.480 e. The van der Waals surface area contributed by atoms with Gasteiger partial charge in [-0.25, -0.2) is 4.79 Å². The predicted molar refractivity (Wildman–Crippen MR) is 131 cm³/mol. The summed E-state index contributed by atoms with van der Waals surface area (Å²) in [6.07, 6.45) is -1.46. The van der Waals surface area contributed by atoms with E-state index in [-0.39, 0.29) is 25.2 Å². The average Bonchev–Trinajstić information content (AvgIpc) is 2.78. The number of carboxylic acid groups (broad SMARTS) is 1. The molecule has 0 aliphatic carbocycles. The molecule has 0 saturated heterocycles. The number of rotatable bonds is 15. The maximum absolute atomic E-state index is 13.0. The van der Waals surface area contributed by atoms with Crippen LogP contribution < -0.4 is 27.4 Å². The van der Waals surface area contributed by atoms with Crippen LogP contribution in [0.4, 0.5) is 0 Å². The van der Waals surface area contributed by atoms with E-state index in [0.29, 0.717) is 12.0 Å². The first-order valence-electron chi connectivity index (χ1n) is 11.7. The van der Waals surface area contributed by atoms with Crippen molar-refractivity contribution in [3.8, 4) is 0 Å². The lowest BCUT2D eigenvalue weighted by Gasteiger charge is -2.26. The molecule has 1 aromatic carbocycles. The topological polar surface area (TPSA) is 214 Å². The fraction of sp³-hybridized carbons (Fsp3) is 0.542. The van der Waals surface area contributed by atoms with Crippen molar-refractivity contribution in [2.24, 2.45) is 17.4 Å². The summed E-state index contributed by atoms with van der Waals surface area (Å²) in [5.74, 6) is -4.28. The first kappa shape index (κ1) is 30.5. The summed E-state index contributed by atoms with van der Waals surface area (Å²) in [6, 6.07) is 3.68. The zero-order chi connectivity index (χ0) is 27.4. The highest BCUT2D eigenvalue weighted by atomic mass is 16.4. The molecule has 0 aromatic heterocycles. The number of nitrogens with two attached hydrogens (primary N) is 2. The van der Waals surface area contributed by atoms with Crippen LogP contribution in [0.1, 0.15) is 45.6 Å². The van der Waals surface area contributed by atoms with Crippen molar-refractivity contribution in [2.45, 2.75) is 76.7 Å². The molecular formula is C24H37N5O7. The van der Waals surface area contributed by atoms with E-state index in [9.17, 15) is 34.2 Å². The number of carbonyl (C=O) groups excluding carboxylic acids is 4. The Morgan fingerprint density at radius 2 is 1.47 bits per heavy atom. The van der Waals surface area contributed by atoms with Crippen molar-refractivity contribution >= 4 is 29.6 Å². The Morgan fingerprint density at radius 1 is 0.889 bits per heavy atom. The number of carbonyl (C=O) groups is 5. The molecule has 0 bridgehead atoms. The van der Waals surface area contributed by atoms with Gasteiger partial charge >= 0.3 is 5.97 Å². The molecule has 1 rings (SSSR count). The molecule has 0 fully saturated rings. The van der Waals surface area contributed by atoms with Gasteiger partial charge in [-0.05, 0) is 31.2 Å². The maximum Gasteiger partial charge on any atom is 0.326 e. The van der Waals surface area contributed by atoms with Gasteiger partial charge < -0.3 is 37.6 Å². The van der Waals surface area contributed by atoms with Gasteiger partial charge in [-0.1, -0.05) is 44.2 Å². The zero-order valence-corrected chi connectivity index (χ0v) is 20.8. The highest BCUT2D eigenvalue weighted by molar-refractivity contribution is 5.94. The smallest absolute Gasteiger partial charge is 0.326 e. The summed E-state index contributed by atoms with van der Waals surface area (Å²) < 4.78 is 0. The number of hydrogen-bond donors (Lipinski definition) is 7. The number of aliphatic carboxylic acids is 1. The molecule has 1 aromatic rings. The lowest BCUT2D eigenvalue weighted by molar-refractivity contribution is -0.142. The van der Waals surface area contributed by atoms with Gasteiger partial charge in [-0.15, -0.1) is 0 Å². The van der Waals surface area contributed by atoms with Crippen LogP contribution >= 0.6 is 0 Å². The van der Waals surface area contributed by atoms with Crippen molar-refractivity contribution in [3.63, 3.8) is 0 Å². The molecule has 0 radical (unpaired) electrons. The minimum absolute atomic E-state index is 0.00604. The molecular weight excluding hydrogens is 470 g/mol. The van der Waals surface area contributed by atoms with Crippen molar-refractivity contribution < 1.29 is 34.2 Å². The second-order valence-electron chi connectivity index (χ2n) is 9.12. The van der Waals surface area contributed by atoms with Gasteiger partial charge in [0.25, 0.3) is 0 Å². The Hall–Kier alpha value is -3.51. The summed E-state index contributed by atoms with van der Waals surface area (Å²) in [5.41, 5.74) is 11.6. The lowest BCUT2D eigenvalue weighted by Crippen LogP contribution is -2.60. The average molecular weight is 508 g/mol. The number of primary amides is 1. The van der Waals surface area contributed by atoms with Crippen LogP contribution in [0, 0.1) is 5.92 Å². The van der Waals surface area contributed by atoms with E-state index >= 15 is 0 Å². The maximum atomic E-state index is 13.0. The Morgan fingerprint density at radius 3 is 1.97 bits per heavy atom. The predicted octanol–water partition coefficient (Wildman–Crippen LogP) is -1.21. The van der Waals surface area contributed by atoms with Gasteiger partial charge in [-0.3, -0.25) is 19.2 Å². The number of amides is 4. The van der Waals surface area contributed by atoms with E-state index in [1.165, 1.54) is 6.92 Å². The van der Waals surface area contributed by atoms with Gasteiger partial charge in [-0.2, -0.15) is 0 Å². The minimum atomic E-state index is -1.42. The van der Waals surface area contributed by atoms with Gasteiger partial charge in [0.05, 0.1) is 12.1 Å². The molecule has 0 heterocycles. The molecule has 0 aliphatic heterocycles. The highest BCUT2D eigenvalue weighted by Gasteiger charge is 2.32. The van der Waals surface area contributed by atoms with Gasteiger partial charge in [0.1, 0.15) is 18.1 Å². The van der Waals surface area contributed by atoms with E-state index in [0.717, 1.165) is 0 Å². The van der Waals surface area contributed by atoms with Crippen LogP contribution in [-0.4, -0.2) is 70.1 Å². The number of carboxylic acids is 1. The Labute approximate surface area is 210 Å². The number of hydrogen-bond acceptors (Lipinski definition) is 7. The van der Waals surface area contributed by atoms with Crippen LogP contribution in [-0.2, 0) is 30.4 Å². The molecule has 5 unspecified atom stereocenters. The van der Waals surface area contributed by atoms with Crippen LogP contribution in [0.2, 0.25) is 0 Å². The highest BCUT2D eigenvalue weighted by Crippen LogP contribution is 2.08. The van der Waals surface area contributed by atoms with Crippen LogP contribution in [0.15, 0.2) is 30.3 Å². The molecule has 0 spiro atoms. The first-order chi connectivity index (χ1) is 16.8. The Kier molecular flexibility index (Phi) is 12.5. The van der Waals surface area contributed by atoms with Crippen molar-refractivity contribution in [1.82, 2.24) is 16.0 Å². The molecule has 0 saturated carbocycles. The van der Waals surface area contributed by atoms with Crippen molar-refractivity contribution in [3.05, 3.63) is 35.9 Å². The SMILES string of the molecule is CC(C)CC(N)C(=O)NC(C(=O)NC(Cc1ccccc1)C(=O)NC(CCC(N)=O)C(=O)O)C(C)O. The zero-order valence-electron chi connectivity index (χ0n) is 20.8. The van der Waals surface area contributed by atoms with E-state index in [4.69, 9.17) is 11.5 Å². The number of nitrogens with one attached hydrogen (secondary N) is 3. The lowest BCUT2D eigenvalue weighted by atomic mass is 10.0. The normalized spacial score (nSPS) is 15.2. The molecule has 5 atom stereocenters. The third-order valence-corrected chi connectivity index (χ3v) is 5.33. The molecule has 9 N–H and O–H groups in total. The fourth-order valence-corrected chi connectivity index (χ4v) is 3.42. The van der Waals surface area contributed by atoms with E-state index < -0.39 is 59.9 Å². The largest absolute Gasteiger partial charge is 0.480 e. The Balaban J connectivity index is 3.08. The fourth-order valence-electron chi connectivity index (χ4n) is 3.42. The van der Waals surface area contributed by atoms with Gasteiger partial charge in [0.15, 0.2) is 0 Å². The number of benzene rings is 1.